The third kappa shape index (κ3) is 2.72. The van der Waals surface area contributed by atoms with Crippen LogP contribution in [0.1, 0.15) is 17.0 Å². The third-order valence-electron chi connectivity index (χ3n) is 4.22. The van der Waals surface area contributed by atoms with Gasteiger partial charge in [-0.2, -0.15) is 5.26 Å². The number of nitrogens with one attached hydrogen (secondary N) is 2. The lowest BCUT2D eigenvalue weighted by Gasteiger charge is -2.25. The Labute approximate surface area is 167 Å². The van der Waals surface area contributed by atoms with Crippen LogP contribution in [0.2, 0.25) is 10.0 Å². The van der Waals surface area contributed by atoms with Crippen LogP contribution < -0.4 is 21.3 Å². The summed E-state index contributed by atoms with van der Waals surface area (Å²) >= 11 is 13.5. The third-order valence-corrected chi connectivity index (χ3v) is 6.03. The van der Waals surface area contributed by atoms with Crippen molar-refractivity contribution < 1.29 is 4.74 Å². The van der Waals surface area contributed by atoms with E-state index in [9.17, 15) is 10.1 Å². The van der Waals surface area contributed by atoms with Crippen molar-refractivity contribution >= 4 is 50.0 Å². The summed E-state index contributed by atoms with van der Waals surface area (Å²) in [7, 11) is 1.73. The Bertz CT molecular complexity index is 1220. The number of benzene rings is 1. The molecule has 0 spiro atoms. The predicted molar refractivity (Wildman–Crippen MR) is 106 cm³/mol. The first-order chi connectivity index (χ1) is 12.9. The van der Waals surface area contributed by atoms with E-state index in [1.807, 2.05) is 6.07 Å². The van der Waals surface area contributed by atoms with Gasteiger partial charge in [-0.15, -0.1) is 0 Å². The van der Waals surface area contributed by atoms with Gasteiger partial charge in [0.25, 0.3) is 5.56 Å². The predicted octanol–water partition coefficient (Wildman–Crippen LogP) is 3.55. The minimum Gasteiger partial charge on any atom is -0.438 e. The summed E-state index contributed by atoms with van der Waals surface area (Å²) < 4.78 is 6.32. The van der Waals surface area contributed by atoms with Gasteiger partial charge in [-0.1, -0.05) is 40.6 Å². The van der Waals surface area contributed by atoms with Gasteiger partial charge < -0.3 is 20.8 Å². The lowest BCUT2D eigenvalue weighted by atomic mass is 9.84. The molecule has 4 rings (SSSR count). The average Bonchev–Trinajstić information content (AvgIpc) is 3.06. The zero-order valence-electron chi connectivity index (χ0n) is 13.8. The SMILES string of the molecule is CNc1nc2[nH]c(=O)c3c(c2s1)OC(N)=C(C#N)C3c1ccc(Cl)c(Cl)c1. The van der Waals surface area contributed by atoms with E-state index in [1.54, 1.807) is 25.2 Å². The maximum absolute atomic E-state index is 12.9. The summed E-state index contributed by atoms with van der Waals surface area (Å²) in [5.74, 6) is -0.505. The molecule has 0 saturated carbocycles. The van der Waals surface area contributed by atoms with Crippen LogP contribution >= 0.6 is 34.5 Å². The molecule has 2 aromatic heterocycles. The number of nitrogens with two attached hydrogens (primary N) is 1. The number of aromatic nitrogens is 2. The van der Waals surface area contributed by atoms with Crippen molar-refractivity contribution in [3.63, 3.8) is 0 Å². The highest BCUT2D eigenvalue weighted by atomic mass is 35.5. The second kappa shape index (κ2) is 6.46. The van der Waals surface area contributed by atoms with Crippen LogP contribution in [-0.2, 0) is 0 Å². The number of pyridine rings is 1. The molecule has 0 aliphatic carbocycles. The zero-order valence-corrected chi connectivity index (χ0v) is 16.1. The molecule has 0 fully saturated rings. The van der Waals surface area contributed by atoms with Gasteiger partial charge in [-0.3, -0.25) is 4.79 Å². The molecule has 27 heavy (non-hydrogen) atoms. The number of nitrogens with zero attached hydrogens (tertiary/aromatic N) is 2. The number of thiazole rings is 1. The quantitative estimate of drug-likeness (QED) is 0.584. The Morgan fingerprint density at radius 2 is 2.19 bits per heavy atom. The van der Waals surface area contributed by atoms with Gasteiger partial charge >= 0.3 is 0 Å². The Morgan fingerprint density at radius 1 is 1.41 bits per heavy atom. The Balaban J connectivity index is 2.06. The number of halogens is 2. The van der Waals surface area contributed by atoms with E-state index in [4.69, 9.17) is 33.7 Å². The first-order valence-corrected chi connectivity index (χ1v) is 9.28. The van der Waals surface area contributed by atoms with Crippen LogP contribution in [0.25, 0.3) is 10.3 Å². The van der Waals surface area contributed by atoms with Crippen molar-refractivity contribution in [1.82, 2.24) is 9.97 Å². The Morgan fingerprint density at radius 3 is 2.85 bits per heavy atom. The number of allylic oxidation sites excluding steroid dienone is 1. The largest absolute Gasteiger partial charge is 0.438 e. The van der Waals surface area contributed by atoms with Crippen molar-refractivity contribution in [2.45, 2.75) is 5.92 Å². The van der Waals surface area contributed by atoms with Crippen LogP contribution in [0.5, 0.6) is 5.75 Å². The number of fused-ring (bicyclic) bond motifs is 3. The van der Waals surface area contributed by atoms with Gasteiger partial charge in [-0.25, -0.2) is 4.98 Å². The van der Waals surface area contributed by atoms with E-state index in [0.717, 1.165) is 0 Å². The lowest BCUT2D eigenvalue weighted by molar-refractivity contribution is 0.397. The molecule has 0 saturated heterocycles. The first-order valence-electron chi connectivity index (χ1n) is 7.71. The van der Waals surface area contributed by atoms with Gasteiger partial charge in [0.05, 0.1) is 21.5 Å². The summed E-state index contributed by atoms with van der Waals surface area (Å²) in [4.78, 5) is 19.9. The molecular weight excluding hydrogens is 409 g/mol. The maximum Gasteiger partial charge on any atom is 0.257 e. The zero-order chi connectivity index (χ0) is 19.3. The van der Waals surface area contributed by atoms with Crippen LogP contribution in [0.15, 0.2) is 34.4 Å². The molecule has 0 bridgehead atoms. The summed E-state index contributed by atoms with van der Waals surface area (Å²) in [5.41, 5.74) is 6.99. The van der Waals surface area contributed by atoms with Crippen molar-refractivity contribution in [2.75, 3.05) is 12.4 Å². The lowest BCUT2D eigenvalue weighted by Crippen LogP contribution is -2.27. The Hall–Kier alpha value is -2.73. The molecule has 1 unspecified atom stereocenters. The number of rotatable bonds is 2. The number of hydrogen-bond acceptors (Lipinski definition) is 7. The van der Waals surface area contributed by atoms with E-state index in [0.29, 0.717) is 36.8 Å². The van der Waals surface area contributed by atoms with Crippen LogP contribution in [0.4, 0.5) is 5.13 Å². The van der Waals surface area contributed by atoms with Crippen molar-refractivity contribution in [1.29, 1.82) is 5.26 Å². The van der Waals surface area contributed by atoms with Crippen molar-refractivity contribution in [3.05, 3.63) is 61.2 Å². The number of H-pyrrole nitrogens is 1. The Kier molecular flexibility index (Phi) is 4.23. The van der Waals surface area contributed by atoms with Crippen molar-refractivity contribution in [3.8, 4) is 11.8 Å². The van der Waals surface area contributed by atoms with Gasteiger partial charge in [0.1, 0.15) is 16.3 Å². The van der Waals surface area contributed by atoms with Crippen LogP contribution in [0, 0.1) is 11.3 Å². The fourth-order valence-corrected chi connectivity index (χ4v) is 4.20. The smallest absolute Gasteiger partial charge is 0.257 e. The molecule has 0 radical (unpaired) electrons. The van der Waals surface area contributed by atoms with Gasteiger partial charge in [0, 0.05) is 7.05 Å². The van der Waals surface area contributed by atoms with Crippen LogP contribution in [0.3, 0.4) is 0 Å². The monoisotopic (exact) mass is 419 g/mol. The minimum absolute atomic E-state index is 0.0626. The normalized spacial score (nSPS) is 16.0. The number of hydrogen-bond donors (Lipinski definition) is 3. The standard InChI is InChI=1S/C17H11Cl2N5O2S/c1-22-17-24-15-13(27-17)12-11(16(25)23-15)10(7(5-20)14(21)26-12)6-2-3-8(18)9(19)4-6/h2-4,10H,21H2,1H3,(H2,22,23,24,25). The van der Waals surface area contributed by atoms with E-state index in [2.05, 4.69) is 15.3 Å². The fraction of sp³-hybridized carbons (Fsp3) is 0.118. The van der Waals surface area contributed by atoms with E-state index >= 15 is 0 Å². The van der Waals surface area contributed by atoms with Gasteiger partial charge in [-0.05, 0) is 17.7 Å². The first kappa shape index (κ1) is 17.7. The molecule has 1 aromatic carbocycles. The molecule has 136 valence electrons. The number of ether oxygens (including phenoxy) is 1. The fourth-order valence-electron chi connectivity index (χ4n) is 3.03. The van der Waals surface area contributed by atoms with Crippen molar-refractivity contribution in [2.24, 2.45) is 5.73 Å². The second-order valence-electron chi connectivity index (χ2n) is 5.74. The van der Waals surface area contributed by atoms with Gasteiger partial charge in [0.15, 0.2) is 16.5 Å². The maximum atomic E-state index is 12.9. The molecule has 1 aliphatic heterocycles. The highest BCUT2D eigenvalue weighted by Gasteiger charge is 2.35. The van der Waals surface area contributed by atoms with E-state index in [-0.39, 0.29) is 17.0 Å². The summed E-state index contributed by atoms with van der Waals surface area (Å²) in [6.45, 7) is 0. The molecule has 7 nitrogen and oxygen atoms in total. The minimum atomic E-state index is -0.734. The molecule has 3 heterocycles. The molecule has 10 heteroatoms. The summed E-state index contributed by atoms with van der Waals surface area (Å²) in [6.07, 6.45) is 0. The summed E-state index contributed by atoms with van der Waals surface area (Å²) in [5, 5.41) is 13.9. The average molecular weight is 420 g/mol. The molecular formula is C17H11Cl2N5O2S. The topological polar surface area (TPSA) is 117 Å². The highest BCUT2D eigenvalue weighted by molar-refractivity contribution is 7.22. The van der Waals surface area contributed by atoms with Gasteiger partial charge in [0.2, 0.25) is 5.88 Å². The molecule has 1 atom stereocenters. The molecule has 1 aliphatic rings. The highest BCUT2D eigenvalue weighted by Crippen LogP contribution is 2.45. The number of aromatic amines is 1. The number of anilines is 1. The molecule has 4 N–H and O–H groups in total. The van der Waals surface area contributed by atoms with E-state index in [1.165, 1.54) is 11.3 Å². The van der Waals surface area contributed by atoms with Crippen LogP contribution in [-0.4, -0.2) is 17.0 Å². The van der Waals surface area contributed by atoms with E-state index < -0.39 is 11.5 Å². The molecule has 3 aromatic rings. The number of nitriles is 1. The molecule has 0 amide bonds. The second-order valence-corrected chi connectivity index (χ2v) is 7.56. The summed E-state index contributed by atoms with van der Waals surface area (Å²) in [6, 6.07) is 6.97.